The highest BCUT2D eigenvalue weighted by atomic mass is 32.1. The van der Waals surface area contributed by atoms with E-state index in [1.165, 1.54) is 21.7 Å². The van der Waals surface area contributed by atoms with Crippen molar-refractivity contribution >= 4 is 17.3 Å². The summed E-state index contributed by atoms with van der Waals surface area (Å²) in [6.45, 7) is 5.24. The van der Waals surface area contributed by atoms with Gasteiger partial charge in [0, 0.05) is 28.4 Å². The van der Waals surface area contributed by atoms with E-state index in [0.29, 0.717) is 6.04 Å². The van der Waals surface area contributed by atoms with Crippen LogP contribution in [0.2, 0.25) is 0 Å². The molecule has 1 aromatic heterocycles. The molecule has 1 aromatic rings. The van der Waals surface area contributed by atoms with E-state index < -0.39 is 5.97 Å². The van der Waals surface area contributed by atoms with Gasteiger partial charge in [-0.3, -0.25) is 9.69 Å². The van der Waals surface area contributed by atoms with Crippen molar-refractivity contribution in [3.63, 3.8) is 0 Å². The lowest BCUT2D eigenvalue weighted by molar-refractivity contribution is -0.142. The van der Waals surface area contributed by atoms with Crippen LogP contribution in [0.5, 0.6) is 0 Å². The Balaban J connectivity index is 1.78. The number of aryl methyl sites for hydroxylation is 2. The van der Waals surface area contributed by atoms with Gasteiger partial charge in [-0.2, -0.15) is 0 Å². The fourth-order valence-electron chi connectivity index (χ4n) is 3.65. The first kappa shape index (κ1) is 12.2. The fraction of sp³-hybridized carbons (Fsp3) is 0.643. The van der Waals surface area contributed by atoms with Crippen molar-refractivity contribution in [2.45, 2.75) is 51.7 Å². The van der Waals surface area contributed by atoms with Gasteiger partial charge in [-0.15, -0.1) is 11.3 Å². The van der Waals surface area contributed by atoms with Crippen LogP contribution in [0.25, 0.3) is 0 Å². The van der Waals surface area contributed by atoms with E-state index >= 15 is 0 Å². The summed E-state index contributed by atoms with van der Waals surface area (Å²) in [6, 6.07) is 3.02. The lowest BCUT2D eigenvalue weighted by Crippen LogP contribution is -2.32. The molecule has 2 aliphatic heterocycles. The molecule has 4 heteroatoms. The second-order valence-electron chi connectivity index (χ2n) is 5.59. The summed E-state index contributed by atoms with van der Waals surface area (Å²) >= 11 is 1.84. The third-order valence-corrected chi connectivity index (χ3v) is 5.50. The van der Waals surface area contributed by atoms with Gasteiger partial charge in [0.25, 0.3) is 0 Å². The summed E-state index contributed by atoms with van der Waals surface area (Å²) in [7, 11) is 0. The summed E-state index contributed by atoms with van der Waals surface area (Å²) in [5, 5.41) is 9.25. The molecule has 3 rings (SSSR count). The third kappa shape index (κ3) is 1.88. The topological polar surface area (TPSA) is 40.5 Å². The smallest absolute Gasteiger partial charge is 0.308 e. The molecule has 18 heavy (non-hydrogen) atoms. The van der Waals surface area contributed by atoms with Crippen LogP contribution in [-0.2, 0) is 11.3 Å². The fourth-order valence-corrected chi connectivity index (χ4v) is 4.59. The summed E-state index contributed by atoms with van der Waals surface area (Å²) < 4.78 is 0. The Morgan fingerprint density at radius 3 is 2.83 bits per heavy atom. The largest absolute Gasteiger partial charge is 0.481 e. The van der Waals surface area contributed by atoms with Crippen molar-refractivity contribution in [3.8, 4) is 0 Å². The molecule has 0 spiro atoms. The van der Waals surface area contributed by atoms with Crippen LogP contribution in [0.3, 0.4) is 0 Å². The Morgan fingerprint density at radius 1 is 1.50 bits per heavy atom. The zero-order chi connectivity index (χ0) is 12.9. The van der Waals surface area contributed by atoms with Crippen LogP contribution in [0.4, 0.5) is 0 Å². The molecule has 2 bridgehead atoms. The maximum Gasteiger partial charge on any atom is 0.308 e. The Hall–Kier alpha value is -0.870. The summed E-state index contributed by atoms with van der Waals surface area (Å²) in [5.41, 5.74) is 1.39. The standard InChI is InChI=1S/C14H19NO2S/c1-8-5-10(9(2)18-8)7-15-11-3-4-13(15)12(6-11)14(16)17/h5,11-13H,3-4,6-7H2,1-2H3,(H,16,17). The number of nitrogens with zero attached hydrogens (tertiary/aromatic N) is 1. The van der Waals surface area contributed by atoms with Gasteiger partial charge < -0.3 is 5.11 Å². The number of thiophene rings is 1. The van der Waals surface area contributed by atoms with E-state index in [4.69, 9.17) is 0 Å². The van der Waals surface area contributed by atoms with E-state index in [-0.39, 0.29) is 12.0 Å². The molecule has 0 aliphatic carbocycles. The Kier molecular flexibility index (Phi) is 2.94. The normalized spacial score (nSPS) is 31.1. The molecule has 3 unspecified atom stereocenters. The number of carboxylic acids is 1. The van der Waals surface area contributed by atoms with Gasteiger partial charge in [0.05, 0.1) is 5.92 Å². The first-order valence-corrected chi connectivity index (χ1v) is 7.42. The number of hydrogen-bond acceptors (Lipinski definition) is 3. The molecule has 0 aromatic carbocycles. The molecule has 1 N–H and O–H groups in total. The third-order valence-electron chi connectivity index (χ3n) is 4.50. The Labute approximate surface area is 111 Å². The van der Waals surface area contributed by atoms with Crippen LogP contribution in [0, 0.1) is 19.8 Å². The van der Waals surface area contributed by atoms with Crippen molar-refractivity contribution in [2.75, 3.05) is 0 Å². The van der Waals surface area contributed by atoms with Crippen molar-refractivity contribution < 1.29 is 9.90 Å². The molecule has 2 aliphatic rings. The molecule has 2 saturated heterocycles. The minimum Gasteiger partial charge on any atom is -0.481 e. The number of hydrogen-bond donors (Lipinski definition) is 1. The summed E-state index contributed by atoms with van der Waals surface area (Å²) in [5.74, 6) is -0.741. The second kappa shape index (κ2) is 4.35. The van der Waals surface area contributed by atoms with Gasteiger partial charge in [-0.05, 0) is 44.7 Å². The SMILES string of the molecule is Cc1cc(CN2C3CCC2C(C(=O)O)C3)c(C)s1. The van der Waals surface area contributed by atoms with Gasteiger partial charge in [0.2, 0.25) is 0 Å². The number of aliphatic carboxylic acids is 1. The predicted octanol–water partition coefficient (Wildman–Crippen LogP) is 2.80. The molecule has 3 nitrogen and oxygen atoms in total. The highest BCUT2D eigenvalue weighted by molar-refractivity contribution is 7.12. The number of carbonyl (C=O) groups is 1. The van der Waals surface area contributed by atoms with E-state index in [2.05, 4.69) is 24.8 Å². The van der Waals surface area contributed by atoms with Gasteiger partial charge in [0.1, 0.15) is 0 Å². The van der Waals surface area contributed by atoms with E-state index in [1.54, 1.807) is 0 Å². The van der Waals surface area contributed by atoms with Gasteiger partial charge in [-0.1, -0.05) is 0 Å². The zero-order valence-corrected chi connectivity index (χ0v) is 11.7. The van der Waals surface area contributed by atoms with Crippen LogP contribution in [0.15, 0.2) is 6.07 Å². The molecular formula is C14H19NO2S. The van der Waals surface area contributed by atoms with Crippen LogP contribution >= 0.6 is 11.3 Å². The quantitative estimate of drug-likeness (QED) is 0.913. The molecule has 0 amide bonds. The minimum atomic E-state index is -0.606. The van der Waals surface area contributed by atoms with E-state index in [1.807, 2.05) is 11.3 Å². The van der Waals surface area contributed by atoms with Crippen LogP contribution in [-0.4, -0.2) is 28.1 Å². The molecule has 98 valence electrons. The lowest BCUT2D eigenvalue weighted by Gasteiger charge is -2.22. The molecule has 3 atom stereocenters. The Bertz CT molecular complexity index is 482. The van der Waals surface area contributed by atoms with Gasteiger partial charge in [-0.25, -0.2) is 0 Å². The number of rotatable bonds is 3. The van der Waals surface area contributed by atoms with Gasteiger partial charge in [0.15, 0.2) is 0 Å². The average molecular weight is 265 g/mol. The Morgan fingerprint density at radius 2 is 2.28 bits per heavy atom. The monoisotopic (exact) mass is 265 g/mol. The summed E-state index contributed by atoms with van der Waals surface area (Å²) in [6.07, 6.45) is 3.09. The van der Waals surface area contributed by atoms with E-state index in [0.717, 1.165) is 19.4 Å². The molecule has 0 saturated carbocycles. The van der Waals surface area contributed by atoms with Crippen LogP contribution in [0.1, 0.15) is 34.6 Å². The van der Waals surface area contributed by atoms with Crippen LogP contribution < -0.4 is 0 Å². The number of fused-ring (bicyclic) bond motifs is 2. The van der Waals surface area contributed by atoms with Crippen molar-refractivity contribution in [1.82, 2.24) is 4.90 Å². The lowest BCUT2D eigenvalue weighted by atomic mass is 9.89. The molecule has 2 fully saturated rings. The predicted molar refractivity (Wildman–Crippen MR) is 71.9 cm³/mol. The first-order chi connectivity index (χ1) is 8.56. The summed E-state index contributed by atoms with van der Waals surface area (Å²) in [4.78, 5) is 16.4. The maximum absolute atomic E-state index is 11.2. The maximum atomic E-state index is 11.2. The number of carboxylic acid groups (broad SMARTS) is 1. The molecule has 0 radical (unpaired) electrons. The zero-order valence-electron chi connectivity index (χ0n) is 10.8. The van der Waals surface area contributed by atoms with Gasteiger partial charge >= 0.3 is 5.97 Å². The molecular weight excluding hydrogens is 246 g/mol. The molecule has 3 heterocycles. The highest BCUT2D eigenvalue weighted by Gasteiger charge is 2.49. The minimum absolute atomic E-state index is 0.135. The average Bonchev–Trinajstić information content (AvgIpc) is 2.94. The second-order valence-corrected chi connectivity index (χ2v) is 7.05. The highest BCUT2D eigenvalue weighted by Crippen LogP contribution is 2.43. The van der Waals surface area contributed by atoms with Crippen molar-refractivity contribution in [3.05, 3.63) is 21.4 Å². The van der Waals surface area contributed by atoms with E-state index in [9.17, 15) is 9.90 Å². The first-order valence-electron chi connectivity index (χ1n) is 6.60. The van der Waals surface area contributed by atoms with Crippen molar-refractivity contribution in [2.24, 2.45) is 5.92 Å². The van der Waals surface area contributed by atoms with Crippen molar-refractivity contribution in [1.29, 1.82) is 0 Å².